The van der Waals surface area contributed by atoms with Crippen molar-refractivity contribution in [1.82, 2.24) is 14.7 Å². The molecule has 19 heavy (non-hydrogen) atoms. The standard InChI is InChI=1S/C13H14BrN3S2/c1-8-16-13(19-17-8)18-12-6-10(14)3-2-9(12)7-15-11-4-5-11/h2-3,6,11,15H,4-5,7H2,1H3. The van der Waals surface area contributed by atoms with Crippen LogP contribution in [0, 0.1) is 6.92 Å². The Balaban J connectivity index is 1.78. The van der Waals surface area contributed by atoms with E-state index in [-0.39, 0.29) is 0 Å². The molecule has 100 valence electrons. The lowest BCUT2D eigenvalue weighted by molar-refractivity contribution is 0.680. The predicted octanol–water partition coefficient (Wildman–Crippen LogP) is 4.01. The fourth-order valence-electron chi connectivity index (χ4n) is 1.72. The Kier molecular flexibility index (Phi) is 4.21. The van der Waals surface area contributed by atoms with Crippen molar-refractivity contribution in [1.29, 1.82) is 0 Å². The molecule has 0 atom stereocenters. The van der Waals surface area contributed by atoms with Gasteiger partial charge in [0.2, 0.25) is 0 Å². The van der Waals surface area contributed by atoms with Gasteiger partial charge < -0.3 is 5.32 Å². The number of benzene rings is 1. The Hall–Kier alpha value is -0.430. The number of rotatable bonds is 5. The second-order valence-corrected chi connectivity index (χ2v) is 7.57. The average molecular weight is 356 g/mol. The number of aromatic nitrogens is 2. The van der Waals surface area contributed by atoms with Crippen molar-refractivity contribution in [3.05, 3.63) is 34.1 Å². The van der Waals surface area contributed by atoms with Crippen LogP contribution in [-0.2, 0) is 6.54 Å². The summed E-state index contributed by atoms with van der Waals surface area (Å²) >= 11 is 6.70. The van der Waals surface area contributed by atoms with Crippen molar-refractivity contribution in [2.75, 3.05) is 0 Å². The van der Waals surface area contributed by atoms with Gasteiger partial charge in [0.1, 0.15) is 5.82 Å². The molecule has 1 aromatic carbocycles. The number of aryl methyl sites for hydroxylation is 1. The molecule has 1 aliphatic carbocycles. The second-order valence-electron chi connectivity index (χ2n) is 4.62. The lowest BCUT2D eigenvalue weighted by Gasteiger charge is -2.09. The maximum absolute atomic E-state index is 4.42. The molecule has 1 fully saturated rings. The highest BCUT2D eigenvalue weighted by Gasteiger charge is 2.20. The first-order chi connectivity index (χ1) is 9.20. The smallest absolute Gasteiger partial charge is 0.174 e. The lowest BCUT2D eigenvalue weighted by Crippen LogP contribution is -2.15. The minimum Gasteiger partial charge on any atom is -0.310 e. The molecule has 3 rings (SSSR count). The summed E-state index contributed by atoms with van der Waals surface area (Å²) in [5.74, 6) is 0.847. The average Bonchev–Trinajstić information content (AvgIpc) is 3.12. The maximum Gasteiger partial charge on any atom is 0.174 e. The van der Waals surface area contributed by atoms with Gasteiger partial charge in [-0.25, -0.2) is 4.98 Å². The third-order valence-corrected chi connectivity index (χ3v) is 5.33. The van der Waals surface area contributed by atoms with Gasteiger partial charge in [0.15, 0.2) is 4.34 Å². The zero-order chi connectivity index (χ0) is 13.2. The molecule has 1 saturated carbocycles. The van der Waals surface area contributed by atoms with E-state index in [1.54, 1.807) is 11.8 Å². The van der Waals surface area contributed by atoms with Crippen molar-refractivity contribution in [3.63, 3.8) is 0 Å². The summed E-state index contributed by atoms with van der Waals surface area (Å²) in [6.45, 7) is 2.86. The zero-order valence-corrected chi connectivity index (χ0v) is 13.7. The number of hydrogen-bond acceptors (Lipinski definition) is 5. The van der Waals surface area contributed by atoms with Gasteiger partial charge in [-0.1, -0.05) is 33.8 Å². The van der Waals surface area contributed by atoms with E-state index in [1.807, 2.05) is 6.92 Å². The van der Waals surface area contributed by atoms with Crippen LogP contribution in [0.3, 0.4) is 0 Å². The van der Waals surface area contributed by atoms with E-state index in [1.165, 1.54) is 34.8 Å². The molecule has 0 aliphatic heterocycles. The van der Waals surface area contributed by atoms with Crippen molar-refractivity contribution in [2.45, 2.75) is 41.6 Å². The Morgan fingerprint density at radius 3 is 3.00 bits per heavy atom. The van der Waals surface area contributed by atoms with Crippen LogP contribution in [0.1, 0.15) is 24.2 Å². The third kappa shape index (κ3) is 3.78. The molecule has 0 amide bonds. The minimum atomic E-state index is 0.727. The van der Waals surface area contributed by atoms with E-state index in [4.69, 9.17) is 0 Å². The number of halogens is 1. The van der Waals surface area contributed by atoms with Gasteiger partial charge in [-0.15, -0.1) is 0 Å². The van der Waals surface area contributed by atoms with Crippen LogP contribution in [0.25, 0.3) is 0 Å². The highest BCUT2D eigenvalue weighted by molar-refractivity contribution is 9.10. The summed E-state index contributed by atoms with van der Waals surface area (Å²) in [7, 11) is 0. The Morgan fingerprint density at radius 1 is 1.47 bits per heavy atom. The molecule has 1 N–H and O–H groups in total. The Labute approximate surface area is 129 Å². The van der Waals surface area contributed by atoms with Crippen LogP contribution in [-0.4, -0.2) is 15.4 Å². The van der Waals surface area contributed by atoms with E-state index in [0.29, 0.717) is 0 Å². The number of nitrogens with one attached hydrogen (secondary N) is 1. The van der Waals surface area contributed by atoms with Gasteiger partial charge in [0.25, 0.3) is 0 Å². The van der Waals surface area contributed by atoms with Crippen LogP contribution in [0.2, 0.25) is 0 Å². The summed E-state index contributed by atoms with van der Waals surface area (Å²) in [6.07, 6.45) is 2.63. The van der Waals surface area contributed by atoms with E-state index in [0.717, 1.165) is 27.2 Å². The zero-order valence-electron chi connectivity index (χ0n) is 10.5. The van der Waals surface area contributed by atoms with E-state index in [2.05, 4.69) is 48.8 Å². The summed E-state index contributed by atoms with van der Waals surface area (Å²) in [4.78, 5) is 5.67. The normalized spacial score (nSPS) is 14.8. The van der Waals surface area contributed by atoms with Gasteiger partial charge in [-0.3, -0.25) is 0 Å². The second kappa shape index (κ2) is 5.91. The molecule has 3 nitrogen and oxygen atoms in total. The first kappa shape index (κ1) is 13.5. The highest BCUT2D eigenvalue weighted by atomic mass is 79.9. The molecule has 0 saturated heterocycles. The third-order valence-electron chi connectivity index (χ3n) is 2.89. The molecule has 1 aliphatic rings. The first-order valence-corrected chi connectivity index (χ1v) is 8.59. The van der Waals surface area contributed by atoms with E-state index >= 15 is 0 Å². The minimum absolute atomic E-state index is 0.727. The van der Waals surface area contributed by atoms with Crippen molar-refractivity contribution in [2.24, 2.45) is 0 Å². The summed E-state index contributed by atoms with van der Waals surface area (Å²) in [5, 5.41) is 3.56. The Bertz CT molecular complexity index is 581. The van der Waals surface area contributed by atoms with Crippen LogP contribution in [0.15, 0.2) is 31.9 Å². The molecular weight excluding hydrogens is 342 g/mol. The SMILES string of the molecule is Cc1nsc(Sc2cc(Br)ccc2CNC2CC2)n1. The predicted molar refractivity (Wildman–Crippen MR) is 82.8 cm³/mol. The van der Waals surface area contributed by atoms with Gasteiger partial charge >= 0.3 is 0 Å². The summed E-state index contributed by atoms with van der Waals surface area (Å²) in [5.41, 5.74) is 1.33. The van der Waals surface area contributed by atoms with E-state index in [9.17, 15) is 0 Å². The molecule has 0 radical (unpaired) electrons. The molecular formula is C13H14BrN3S2. The molecule has 0 unspecified atom stereocenters. The van der Waals surface area contributed by atoms with Gasteiger partial charge in [-0.2, -0.15) is 4.37 Å². The topological polar surface area (TPSA) is 37.8 Å². The molecule has 1 heterocycles. The molecule has 6 heteroatoms. The monoisotopic (exact) mass is 355 g/mol. The van der Waals surface area contributed by atoms with Crippen molar-refractivity contribution >= 4 is 39.2 Å². The fourth-order valence-corrected chi connectivity index (χ4v) is 4.01. The molecule has 0 bridgehead atoms. The lowest BCUT2D eigenvalue weighted by atomic mass is 10.2. The van der Waals surface area contributed by atoms with Crippen LogP contribution >= 0.6 is 39.2 Å². The Morgan fingerprint density at radius 2 is 2.32 bits per heavy atom. The van der Waals surface area contributed by atoms with Gasteiger partial charge in [0.05, 0.1) is 0 Å². The molecule has 1 aromatic heterocycles. The maximum atomic E-state index is 4.42. The fraction of sp³-hybridized carbons (Fsp3) is 0.385. The molecule has 2 aromatic rings. The quantitative estimate of drug-likeness (QED) is 0.878. The molecule has 0 spiro atoms. The summed E-state index contributed by atoms with van der Waals surface area (Å²) in [6, 6.07) is 7.16. The van der Waals surface area contributed by atoms with Crippen molar-refractivity contribution in [3.8, 4) is 0 Å². The largest absolute Gasteiger partial charge is 0.310 e. The first-order valence-electron chi connectivity index (χ1n) is 6.21. The number of nitrogens with zero attached hydrogens (tertiary/aromatic N) is 2. The van der Waals surface area contributed by atoms with Crippen LogP contribution in [0.4, 0.5) is 0 Å². The van der Waals surface area contributed by atoms with Crippen LogP contribution < -0.4 is 5.32 Å². The summed E-state index contributed by atoms with van der Waals surface area (Å²) < 4.78 is 6.34. The van der Waals surface area contributed by atoms with Gasteiger partial charge in [-0.05, 0) is 49.0 Å². The van der Waals surface area contributed by atoms with Gasteiger partial charge in [0, 0.05) is 22.0 Å². The van der Waals surface area contributed by atoms with Crippen LogP contribution in [0.5, 0.6) is 0 Å². The van der Waals surface area contributed by atoms with E-state index < -0.39 is 0 Å². The number of hydrogen-bond donors (Lipinski definition) is 1. The van der Waals surface area contributed by atoms with Crippen molar-refractivity contribution < 1.29 is 0 Å². The highest BCUT2D eigenvalue weighted by Crippen LogP contribution is 2.34.